The van der Waals surface area contributed by atoms with Crippen LogP contribution >= 0.6 is 0 Å². The number of carbonyl (C=O) groups is 2. The number of hydrogen-bond acceptors (Lipinski definition) is 5. The van der Waals surface area contributed by atoms with Crippen LogP contribution in [0.5, 0.6) is 0 Å². The normalized spacial score (nSPS) is 14.7. The summed E-state index contributed by atoms with van der Waals surface area (Å²) in [5.74, 6) is -0.0809. The minimum atomic E-state index is -0.281. The lowest BCUT2D eigenvalue weighted by molar-refractivity contribution is -0.127. The first-order valence-electron chi connectivity index (χ1n) is 7.36. The van der Waals surface area contributed by atoms with Crippen molar-refractivity contribution < 1.29 is 14.1 Å². The van der Waals surface area contributed by atoms with Gasteiger partial charge in [0.2, 0.25) is 5.91 Å². The highest BCUT2D eigenvalue weighted by atomic mass is 16.5. The van der Waals surface area contributed by atoms with Crippen molar-refractivity contribution in [3.63, 3.8) is 0 Å². The molecule has 1 aromatic carbocycles. The summed E-state index contributed by atoms with van der Waals surface area (Å²) in [6, 6.07) is 5.06. The van der Waals surface area contributed by atoms with Gasteiger partial charge in [0, 0.05) is 37.8 Å². The minimum absolute atomic E-state index is 0.200. The van der Waals surface area contributed by atoms with Crippen molar-refractivity contribution in [1.82, 2.24) is 15.4 Å². The highest BCUT2D eigenvalue weighted by molar-refractivity contribution is 6.04. The number of aromatic nitrogens is 1. The molecule has 0 aliphatic carbocycles. The van der Waals surface area contributed by atoms with E-state index in [2.05, 4.69) is 10.5 Å². The second-order valence-electron chi connectivity index (χ2n) is 5.38. The second-order valence-corrected chi connectivity index (χ2v) is 5.38. The van der Waals surface area contributed by atoms with Crippen LogP contribution in [0.15, 0.2) is 22.7 Å². The topological polar surface area (TPSA) is 101 Å². The van der Waals surface area contributed by atoms with Gasteiger partial charge in [-0.1, -0.05) is 5.16 Å². The van der Waals surface area contributed by atoms with E-state index in [-0.39, 0.29) is 17.5 Å². The largest absolute Gasteiger partial charge is 0.399 e. The van der Waals surface area contributed by atoms with E-state index in [1.165, 1.54) is 0 Å². The van der Waals surface area contributed by atoms with Gasteiger partial charge in [-0.2, -0.15) is 0 Å². The third-order valence-corrected chi connectivity index (χ3v) is 3.77. The zero-order valence-corrected chi connectivity index (χ0v) is 12.2. The predicted octanol–water partition coefficient (Wildman–Crippen LogP) is 1.15. The van der Waals surface area contributed by atoms with E-state index >= 15 is 0 Å². The van der Waals surface area contributed by atoms with Crippen LogP contribution in [0.25, 0.3) is 11.0 Å². The summed E-state index contributed by atoms with van der Waals surface area (Å²) in [7, 11) is 0. The Kier molecular flexibility index (Phi) is 3.95. The number of rotatable bonds is 5. The number of amides is 2. The standard InChI is InChI=1S/C15H18N4O3/c16-10-4-5-11-12(9-10)22-18-14(11)15(21)17-6-2-8-19-7-1-3-13(19)20/h4-5,9H,1-3,6-8,16H2,(H,17,21). The first-order valence-corrected chi connectivity index (χ1v) is 7.36. The number of fused-ring (bicyclic) bond motifs is 1. The van der Waals surface area contributed by atoms with Crippen LogP contribution in [0.4, 0.5) is 5.69 Å². The molecule has 22 heavy (non-hydrogen) atoms. The van der Waals surface area contributed by atoms with Crippen LogP contribution < -0.4 is 11.1 Å². The van der Waals surface area contributed by atoms with Crippen LogP contribution in [-0.2, 0) is 4.79 Å². The molecule has 2 amide bonds. The third-order valence-electron chi connectivity index (χ3n) is 3.77. The summed E-state index contributed by atoms with van der Waals surface area (Å²) in [6.07, 6.45) is 2.29. The molecule has 7 heteroatoms. The molecule has 1 saturated heterocycles. The van der Waals surface area contributed by atoms with Gasteiger partial charge in [-0.05, 0) is 25.0 Å². The summed E-state index contributed by atoms with van der Waals surface area (Å²) in [5, 5.41) is 7.24. The van der Waals surface area contributed by atoms with E-state index in [0.29, 0.717) is 36.2 Å². The molecule has 116 valence electrons. The van der Waals surface area contributed by atoms with Crippen LogP contribution in [0.2, 0.25) is 0 Å². The highest BCUT2D eigenvalue weighted by Gasteiger charge is 2.19. The van der Waals surface area contributed by atoms with Crippen LogP contribution in [-0.4, -0.2) is 41.5 Å². The molecule has 0 radical (unpaired) electrons. The Morgan fingerprint density at radius 3 is 3.09 bits per heavy atom. The third kappa shape index (κ3) is 2.88. The molecule has 0 spiro atoms. The van der Waals surface area contributed by atoms with Gasteiger partial charge in [0.1, 0.15) is 0 Å². The summed E-state index contributed by atoms with van der Waals surface area (Å²) >= 11 is 0. The predicted molar refractivity (Wildman–Crippen MR) is 81.2 cm³/mol. The molecule has 1 aliphatic heterocycles. The lowest BCUT2D eigenvalue weighted by atomic mass is 10.2. The molecule has 1 aromatic heterocycles. The molecule has 1 aliphatic rings. The van der Waals surface area contributed by atoms with Crippen molar-refractivity contribution in [1.29, 1.82) is 0 Å². The van der Waals surface area contributed by atoms with Crippen molar-refractivity contribution in [2.24, 2.45) is 0 Å². The van der Waals surface area contributed by atoms with Gasteiger partial charge in [-0.3, -0.25) is 9.59 Å². The monoisotopic (exact) mass is 302 g/mol. The van der Waals surface area contributed by atoms with E-state index in [4.69, 9.17) is 10.3 Å². The SMILES string of the molecule is Nc1ccc2c(C(=O)NCCCN3CCCC3=O)noc2c1. The van der Waals surface area contributed by atoms with Gasteiger partial charge in [0.15, 0.2) is 11.3 Å². The van der Waals surface area contributed by atoms with Gasteiger partial charge >= 0.3 is 0 Å². The number of carbonyl (C=O) groups excluding carboxylic acids is 2. The minimum Gasteiger partial charge on any atom is -0.399 e. The maximum atomic E-state index is 12.1. The second kappa shape index (κ2) is 6.05. The number of hydrogen-bond donors (Lipinski definition) is 2. The van der Waals surface area contributed by atoms with E-state index < -0.39 is 0 Å². The smallest absolute Gasteiger partial charge is 0.274 e. The molecule has 0 bridgehead atoms. The fourth-order valence-electron chi connectivity index (χ4n) is 2.61. The number of anilines is 1. The molecule has 0 saturated carbocycles. The molecular weight excluding hydrogens is 284 g/mol. The Morgan fingerprint density at radius 1 is 1.45 bits per heavy atom. The number of nitrogens with two attached hydrogens (primary N) is 1. The number of likely N-dealkylation sites (tertiary alicyclic amines) is 1. The Morgan fingerprint density at radius 2 is 2.32 bits per heavy atom. The molecule has 2 heterocycles. The number of nitrogens with one attached hydrogen (secondary N) is 1. The molecule has 0 atom stereocenters. The average molecular weight is 302 g/mol. The Bertz CT molecular complexity index is 710. The van der Waals surface area contributed by atoms with Crippen LogP contribution in [0.1, 0.15) is 29.8 Å². The maximum Gasteiger partial charge on any atom is 0.274 e. The quantitative estimate of drug-likeness (QED) is 0.637. The van der Waals surface area contributed by atoms with E-state index in [0.717, 1.165) is 19.4 Å². The Balaban J connectivity index is 1.54. The number of nitrogen functional groups attached to an aromatic ring is 1. The fraction of sp³-hybridized carbons (Fsp3) is 0.400. The van der Waals surface area contributed by atoms with Crippen molar-refractivity contribution in [2.75, 3.05) is 25.4 Å². The summed E-state index contributed by atoms with van der Waals surface area (Å²) in [6.45, 7) is 1.99. The number of benzene rings is 1. The van der Waals surface area contributed by atoms with Crippen molar-refractivity contribution in [2.45, 2.75) is 19.3 Å². The lowest BCUT2D eigenvalue weighted by Crippen LogP contribution is -2.30. The van der Waals surface area contributed by atoms with Gasteiger partial charge in [0.25, 0.3) is 5.91 Å². The zero-order chi connectivity index (χ0) is 15.5. The molecule has 2 aromatic rings. The zero-order valence-electron chi connectivity index (χ0n) is 12.2. The first kappa shape index (κ1) is 14.4. The average Bonchev–Trinajstić information content (AvgIpc) is 3.09. The van der Waals surface area contributed by atoms with Gasteiger partial charge < -0.3 is 20.5 Å². The summed E-state index contributed by atoms with van der Waals surface area (Å²) < 4.78 is 5.11. The van der Waals surface area contributed by atoms with E-state index in [1.807, 2.05) is 4.90 Å². The van der Waals surface area contributed by atoms with Gasteiger partial charge in [-0.25, -0.2) is 0 Å². The molecule has 3 rings (SSSR count). The lowest BCUT2D eigenvalue weighted by Gasteiger charge is -2.14. The van der Waals surface area contributed by atoms with Crippen molar-refractivity contribution >= 4 is 28.5 Å². The number of nitrogens with zero attached hydrogens (tertiary/aromatic N) is 2. The van der Waals surface area contributed by atoms with E-state index in [1.54, 1.807) is 18.2 Å². The van der Waals surface area contributed by atoms with Gasteiger partial charge in [-0.15, -0.1) is 0 Å². The Hall–Kier alpha value is -2.57. The van der Waals surface area contributed by atoms with Crippen LogP contribution in [0.3, 0.4) is 0 Å². The van der Waals surface area contributed by atoms with Crippen LogP contribution in [0, 0.1) is 0 Å². The van der Waals surface area contributed by atoms with E-state index in [9.17, 15) is 9.59 Å². The molecule has 3 N–H and O–H groups in total. The van der Waals surface area contributed by atoms with Crippen molar-refractivity contribution in [3.8, 4) is 0 Å². The summed E-state index contributed by atoms with van der Waals surface area (Å²) in [4.78, 5) is 25.4. The highest BCUT2D eigenvalue weighted by Crippen LogP contribution is 2.20. The molecule has 0 unspecified atom stereocenters. The van der Waals surface area contributed by atoms with Crippen molar-refractivity contribution in [3.05, 3.63) is 23.9 Å². The molecular formula is C15H18N4O3. The maximum absolute atomic E-state index is 12.1. The fourth-order valence-corrected chi connectivity index (χ4v) is 2.61. The Labute approximate surface area is 127 Å². The molecule has 1 fully saturated rings. The van der Waals surface area contributed by atoms with Gasteiger partial charge in [0.05, 0.1) is 5.39 Å². The first-order chi connectivity index (χ1) is 10.6. The molecule has 7 nitrogen and oxygen atoms in total. The summed E-state index contributed by atoms with van der Waals surface area (Å²) in [5.41, 5.74) is 6.97.